The first-order chi connectivity index (χ1) is 12.5. The van der Waals surface area contributed by atoms with Crippen LogP contribution in [0.4, 0.5) is 0 Å². The number of rotatable bonds is 5. The molecule has 0 bridgehead atoms. The second-order valence-electron chi connectivity index (χ2n) is 5.59. The van der Waals surface area contributed by atoms with Crippen molar-refractivity contribution < 1.29 is 29.8 Å². The van der Waals surface area contributed by atoms with Crippen LogP contribution < -0.4 is 5.32 Å². The molecule has 2 amide bonds. The first-order valence-corrected chi connectivity index (χ1v) is 8.63. The van der Waals surface area contributed by atoms with Crippen LogP contribution in [0, 0.1) is 0 Å². The van der Waals surface area contributed by atoms with Gasteiger partial charge < -0.3 is 20.7 Å². The molecule has 9 nitrogen and oxygen atoms in total. The average molecular weight is 401 g/mol. The summed E-state index contributed by atoms with van der Waals surface area (Å²) in [7, 11) is 0. The molecule has 2 aliphatic heterocycles. The number of oxime groups is 1. The summed E-state index contributed by atoms with van der Waals surface area (Å²) in [5, 5.41) is 32.6. The molecule has 4 N–H and O–H groups in total. The van der Waals surface area contributed by atoms with Crippen LogP contribution in [0.5, 0.6) is 0 Å². The first-order valence-electron chi connectivity index (χ1n) is 7.58. The van der Waals surface area contributed by atoms with Gasteiger partial charge in [0, 0.05) is 11.3 Å². The Labute approximate surface area is 180 Å². The topological polar surface area (TPSA) is 140 Å². The zero-order valence-electron chi connectivity index (χ0n) is 13.3. The minimum atomic E-state index is -1.31. The van der Waals surface area contributed by atoms with E-state index in [2.05, 4.69) is 10.5 Å². The summed E-state index contributed by atoms with van der Waals surface area (Å²) in [4.78, 5) is 37.2. The fourth-order valence-corrected chi connectivity index (χ4v) is 4.18. The van der Waals surface area contributed by atoms with Crippen molar-refractivity contribution in [3.63, 3.8) is 0 Å². The second-order valence-corrected chi connectivity index (χ2v) is 6.70. The summed E-state index contributed by atoms with van der Waals surface area (Å²) >= 11 is 1.24. The third-order valence-electron chi connectivity index (χ3n) is 4.09. The van der Waals surface area contributed by atoms with Crippen LogP contribution >= 0.6 is 11.8 Å². The number of amides is 2. The van der Waals surface area contributed by atoms with Crippen molar-refractivity contribution in [3.05, 3.63) is 47.2 Å². The maximum atomic E-state index is 12.4. The summed E-state index contributed by atoms with van der Waals surface area (Å²) in [6.45, 7) is -0.461. The monoisotopic (exact) mass is 401 g/mol. The Hall–Kier alpha value is -1.85. The van der Waals surface area contributed by atoms with Crippen molar-refractivity contribution >= 4 is 64.8 Å². The molecule has 0 aromatic heterocycles. The molecular formula is C16H16N3NaO6S. The Kier molecular flexibility index (Phi) is 7.06. The number of carboxylic acid groups (broad SMARTS) is 1. The van der Waals surface area contributed by atoms with Gasteiger partial charge in [0.15, 0.2) is 5.71 Å². The fourth-order valence-electron chi connectivity index (χ4n) is 2.84. The molecule has 2 heterocycles. The van der Waals surface area contributed by atoms with Gasteiger partial charge in [0.2, 0.25) is 0 Å². The number of carboxylic acids is 1. The molecular weight excluding hydrogens is 385 g/mol. The van der Waals surface area contributed by atoms with Gasteiger partial charge in [-0.3, -0.25) is 14.5 Å². The number of thioether (sulfide) groups is 1. The molecule has 1 aromatic rings. The van der Waals surface area contributed by atoms with Crippen LogP contribution in [-0.2, 0) is 14.4 Å². The van der Waals surface area contributed by atoms with Gasteiger partial charge in [-0.1, -0.05) is 35.5 Å². The van der Waals surface area contributed by atoms with Gasteiger partial charge in [-0.25, -0.2) is 4.79 Å². The van der Waals surface area contributed by atoms with Crippen molar-refractivity contribution in [1.82, 2.24) is 10.2 Å². The number of nitrogens with zero attached hydrogens (tertiary/aromatic N) is 2. The number of benzene rings is 1. The van der Waals surface area contributed by atoms with Crippen molar-refractivity contribution in [2.24, 2.45) is 5.16 Å². The molecule has 1 saturated heterocycles. The summed E-state index contributed by atoms with van der Waals surface area (Å²) in [5.74, 6) is -2.41. The Morgan fingerprint density at radius 1 is 1.30 bits per heavy atom. The Balaban J connectivity index is 0.00000261. The molecule has 1 fully saturated rings. The number of nitrogens with one attached hydrogen (secondary N) is 1. The fraction of sp³-hybridized carbons (Fsp3) is 0.250. The van der Waals surface area contributed by atoms with Gasteiger partial charge in [-0.2, -0.15) is 0 Å². The predicted octanol–water partition coefficient (Wildman–Crippen LogP) is -1.05. The van der Waals surface area contributed by atoms with E-state index in [1.807, 2.05) is 0 Å². The molecule has 0 saturated carbocycles. The summed E-state index contributed by atoms with van der Waals surface area (Å²) in [6, 6.07) is 7.29. The Morgan fingerprint density at radius 2 is 1.96 bits per heavy atom. The number of hydrogen-bond acceptors (Lipinski definition) is 7. The molecule has 11 heteroatoms. The normalized spacial score (nSPS) is 21.7. The van der Waals surface area contributed by atoms with Crippen molar-refractivity contribution in [2.75, 3.05) is 12.4 Å². The first kappa shape index (κ1) is 21.5. The van der Waals surface area contributed by atoms with Crippen LogP contribution in [0.1, 0.15) is 5.56 Å². The molecule has 0 aliphatic carbocycles. The quantitative estimate of drug-likeness (QED) is 0.162. The molecule has 3 rings (SSSR count). The minimum absolute atomic E-state index is 0. The SMILES string of the molecule is O=C(O)C1=C(CO)CS[C@@H]2[C@H](NC(=O)/C(=N/O)c3ccccc3)C(=O)N12.[NaH]. The van der Waals surface area contributed by atoms with Crippen molar-refractivity contribution in [3.8, 4) is 0 Å². The van der Waals surface area contributed by atoms with Gasteiger partial charge in [-0.15, -0.1) is 11.8 Å². The number of fused-ring (bicyclic) bond motifs is 1. The zero-order chi connectivity index (χ0) is 18.8. The van der Waals surface area contributed by atoms with Crippen LogP contribution in [-0.4, -0.2) is 97.1 Å². The zero-order valence-corrected chi connectivity index (χ0v) is 14.1. The van der Waals surface area contributed by atoms with Gasteiger partial charge in [0.25, 0.3) is 11.8 Å². The van der Waals surface area contributed by atoms with E-state index in [1.165, 1.54) is 11.8 Å². The second kappa shape index (κ2) is 8.89. The summed E-state index contributed by atoms with van der Waals surface area (Å²) in [6.07, 6.45) is 0. The number of carbonyl (C=O) groups excluding carboxylic acids is 2. The van der Waals surface area contributed by atoms with E-state index in [1.54, 1.807) is 30.3 Å². The molecule has 1 aromatic carbocycles. The number of aliphatic hydroxyl groups excluding tert-OH is 1. The molecule has 0 unspecified atom stereocenters. The molecule has 0 spiro atoms. The van der Waals surface area contributed by atoms with E-state index in [0.29, 0.717) is 5.56 Å². The van der Waals surface area contributed by atoms with E-state index in [9.17, 15) is 24.6 Å². The van der Waals surface area contributed by atoms with Gasteiger partial charge in [0.05, 0.1) is 6.61 Å². The summed E-state index contributed by atoms with van der Waals surface area (Å²) in [5.41, 5.74) is 0.133. The van der Waals surface area contributed by atoms with Crippen molar-refractivity contribution in [2.45, 2.75) is 11.4 Å². The number of carbonyl (C=O) groups is 3. The number of aliphatic carboxylic acids is 1. The van der Waals surface area contributed by atoms with Crippen LogP contribution in [0.3, 0.4) is 0 Å². The van der Waals surface area contributed by atoms with Crippen LogP contribution in [0.25, 0.3) is 0 Å². The van der Waals surface area contributed by atoms with E-state index in [4.69, 9.17) is 5.21 Å². The number of aliphatic hydroxyl groups is 1. The van der Waals surface area contributed by atoms with E-state index >= 15 is 0 Å². The molecule has 2 aliphatic rings. The van der Waals surface area contributed by atoms with Gasteiger partial charge in [-0.05, 0) is 5.57 Å². The molecule has 27 heavy (non-hydrogen) atoms. The molecule has 0 radical (unpaired) electrons. The Bertz CT molecular complexity index is 829. The van der Waals surface area contributed by atoms with Crippen LogP contribution in [0.15, 0.2) is 46.8 Å². The van der Waals surface area contributed by atoms with E-state index < -0.39 is 35.8 Å². The standard InChI is InChI=1S/C16H15N3O6S.Na.H/c20-6-9-7-26-15-11(14(22)19(15)12(9)16(23)24)17-13(21)10(18-25)8-4-2-1-3-5-8;;/h1-5,11,15,20,25H,6-7H2,(H,17,21)(H,23,24);;/b18-10+;;/t11-,15-;;/m1../s1. The van der Waals surface area contributed by atoms with Crippen molar-refractivity contribution in [1.29, 1.82) is 0 Å². The maximum absolute atomic E-state index is 12.4. The van der Waals surface area contributed by atoms with Crippen LogP contribution in [0.2, 0.25) is 0 Å². The van der Waals surface area contributed by atoms with Gasteiger partial charge >= 0.3 is 35.5 Å². The third-order valence-corrected chi connectivity index (χ3v) is 5.43. The number of β-lactam (4-membered cyclic amide) rings is 1. The molecule has 138 valence electrons. The third kappa shape index (κ3) is 3.90. The van der Waals surface area contributed by atoms with Gasteiger partial charge in [0.1, 0.15) is 17.1 Å². The average Bonchev–Trinajstić information content (AvgIpc) is 2.66. The predicted molar refractivity (Wildman–Crippen MR) is 98.7 cm³/mol. The summed E-state index contributed by atoms with van der Waals surface area (Å²) < 4.78 is 0. The number of hydrogen-bond donors (Lipinski definition) is 4. The molecule has 2 atom stereocenters. The van der Waals surface area contributed by atoms with E-state index in [-0.39, 0.29) is 52.3 Å². The Morgan fingerprint density at radius 3 is 2.52 bits per heavy atom. The van der Waals surface area contributed by atoms with E-state index in [0.717, 1.165) is 4.90 Å².